The first-order chi connectivity index (χ1) is 9.36. The molecule has 0 bridgehead atoms. The number of halogens is 1. The zero-order chi connectivity index (χ0) is 15.3. The van der Waals surface area contributed by atoms with Crippen molar-refractivity contribution in [1.82, 2.24) is 5.32 Å². The molecule has 0 fully saturated rings. The van der Waals surface area contributed by atoms with Crippen molar-refractivity contribution in [2.24, 2.45) is 5.92 Å². The Bertz CT molecular complexity index is 493. The molecule has 20 heavy (non-hydrogen) atoms. The summed E-state index contributed by atoms with van der Waals surface area (Å²) < 4.78 is 13.1. The highest BCUT2D eigenvalue weighted by Gasteiger charge is 2.26. The third-order valence-corrected chi connectivity index (χ3v) is 3.26. The van der Waals surface area contributed by atoms with Gasteiger partial charge in [0.05, 0.1) is 0 Å². The van der Waals surface area contributed by atoms with Crippen LogP contribution in [0.5, 0.6) is 0 Å². The van der Waals surface area contributed by atoms with E-state index in [0.717, 1.165) is 0 Å². The Labute approximate surface area is 117 Å². The summed E-state index contributed by atoms with van der Waals surface area (Å²) in [4.78, 5) is 24.4. The van der Waals surface area contributed by atoms with E-state index in [9.17, 15) is 14.0 Å². The van der Waals surface area contributed by atoms with E-state index in [-0.39, 0.29) is 5.92 Å². The first-order valence-electron chi connectivity index (χ1n) is 6.39. The summed E-state index contributed by atoms with van der Waals surface area (Å²) in [6.07, 6.45) is 0.626. The van der Waals surface area contributed by atoms with E-state index in [1.54, 1.807) is 13.0 Å². The molecule has 0 aromatic heterocycles. The molecule has 0 aliphatic rings. The predicted octanol–water partition coefficient (Wildman–Crippen LogP) is 2.47. The number of nitrogens with one attached hydrogen (secondary N) is 1. The fourth-order valence-corrected chi connectivity index (χ4v) is 1.71. The summed E-state index contributed by atoms with van der Waals surface area (Å²) in [6.45, 7) is 3.60. The van der Waals surface area contributed by atoms with Crippen LogP contribution >= 0.6 is 0 Å². The monoisotopic (exact) mass is 282 g/mol. The molecule has 1 unspecified atom stereocenters. The number of benzene rings is 1. The quantitative estimate of drug-likeness (QED) is 0.871. The van der Waals surface area contributed by atoms with Crippen molar-refractivity contribution in [3.8, 4) is 0 Å². The third kappa shape index (κ3) is 3.94. The van der Waals surface area contributed by atoms with Gasteiger partial charge in [-0.15, -0.1) is 0 Å². The Balaban J connectivity index is 2.81. The molecular formula is C14H19FN2O3. The van der Waals surface area contributed by atoms with Crippen LogP contribution in [0.2, 0.25) is 0 Å². The van der Waals surface area contributed by atoms with Gasteiger partial charge in [-0.05, 0) is 24.1 Å². The SMILES string of the molecule is CCC(C)[C@H](NC(=O)N(C)c1cccc(F)c1)C(=O)O. The smallest absolute Gasteiger partial charge is 0.326 e. The van der Waals surface area contributed by atoms with Gasteiger partial charge in [0.15, 0.2) is 0 Å². The third-order valence-electron chi connectivity index (χ3n) is 3.26. The lowest BCUT2D eigenvalue weighted by Gasteiger charge is -2.24. The average molecular weight is 282 g/mol. The molecule has 1 aromatic rings. The molecule has 0 spiro atoms. The molecule has 1 aromatic carbocycles. The number of urea groups is 1. The highest BCUT2D eigenvalue weighted by Crippen LogP contribution is 2.15. The van der Waals surface area contributed by atoms with Gasteiger partial charge in [0.25, 0.3) is 0 Å². The standard InChI is InChI=1S/C14H19FN2O3/c1-4-9(2)12(13(18)19)16-14(20)17(3)11-7-5-6-10(15)8-11/h5-9,12H,4H2,1-3H3,(H,16,20)(H,18,19)/t9?,12-/m0/s1. The van der Waals surface area contributed by atoms with Crippen LogP contribution < -0.4 is 10.2 Å². The number of carboxylic acids is 1. The highest BCUT2D eigenvalue weighted by molar-refractivity contribution is 5.94. The topological polar surface area (TPSA) is 69.6 Å². The molecule has 0 saturated heterocycles. The van der Waals surface area contributed by atoms with Crippen LogP contribution in [0.15, 0.2) is 24.3 Å². The fourth-order valence-electron chi connectivity index (χ4n) is 1.71. The maximum Gasteiger partial charge on any atom is 0.326 e. The molecular weight excluding hydrogens is 263 g/mol. The Morgan fingerprint density at radius 2 is 2.10 bits per heavy atom. The lowest BCUT2D eigenvalue weighted by molar-refractivity contribution is -0.140. The summed E-state index contributed by atoms with van der Waals surface area (Å²) >= 11 is 0. The molecule has 2 atom stereocenters. The number of anilines is 1. The summed E-state index contributed by atoms with van der Waals surface area (Å²) in [6, 6.07) is 3.99. The second-order valence-corrected chi connectivity index (χ2v) is 4.69. The molecule has 0 radical (unpaired) electrons. The van der Waals surface area contributed by atoms with Crippen molar-refractivity contribution in [2.45, 2.75) is 26.3 Å². The van der Waals surface area contributed by atoms with Gasteiger partial charge in [-0.2, -0.15) is 0 Å². The number of rotatable bonds is 5. The number of aliphatic carboxylic acids is 1. The maximum atomic E-state index is 13.1. The van der Waals surface area contributed by atoms with E-state index < -0.39 is 23.9 Å². The molecule has 2 amide bonds. The van der Waals surface area contributed by atoms with E-state index >= 15 is 0 Å². The number of carbonyl (C=O) groups excluding carboxylic acids is 1. The number of hydrogen-bond donors (Lipinski definition) is 2. The highest BCUT2D eigenvalue weighted by atomic mass is 19.1. The van der Waals surface area contributed by atoms with Crippen LogP contribution in [0.25, 0.3) is 0 Å². The molecule has 0 heterocycles. The zero-order valence-electron chi connectivity index (χ0n) is 11.8. The van der Waals surface area contributed by atoms with Crippen molar-refractivity contribution in [2.75, 3.05) is 11.9 Å². The van der Waals surface area contributed by atoms with Crippen LogP contribution in [-0.4, -0.2) is 30.2 Å². The number of hydrogen-bond acceptors (Lipinski definition) is 2. The van der Waals surface area contributed by atoms with Gasteiger partial charge in [0, 0.05) is 12.7 Å². The number of nitrogens with zero attached hydrogens (tertiary/aromatic N) is 1. The summed E-state index contributed by atoms with van der Waals surface area (Å²) in [7, 11) is 1.46. The van der Waals surface area contributed by atoms with Gasteiger partial charge in [-0.1, -0.05) is 26.3 Å². The first kappa shape index (κ1) is 15.9. The Kier molecular flexibility index (Phi) is 5.49. The largest absolute Gasteiger partial charge is 0.480 e. The molecule has 0 aliphatic heterocycles. The Morgan fingerprint density at radius 1 is 1.45 bits per heavy atom. The van der Waals surface area contributed by atoms with E-state index in [2.05, 4.69) is 5.32 Å². The Morgan fingerprint density at radius 3 is 2.60 bits per heavy atom. The molecule has 1 rings (SSSR count). The van der Waals surface area contributed by atoms with Crippen molar-refractivity contribution in [3.63, 3.8) is 0 Å². The van der Waals surface area contributed by atoms with Crippen LogP contribution in [0.3, 0.4) is 0 Å². The van der Waals surface area contributed by atoms with Gasteiger partial charge in [-0.3, -0.25) is 4.90 Å². The molecule has 5 nitrogen and oxygen atoms in total. The van der Waals surface area contributed by atoms with Gasteiger partial charge in [0.1, 0.15) is 11.9 Å². The van der Waals surface area contributed by atoms with Crippen LogP contribution in [-0.2, 0) is 4.79 Å². The zero-order valence-corrected chi connectivity index (χ0v) is 11.8. The number of amides is 2. The molecule has 6 heteroatoms. The van der Waals surface area contributed by atoms with Crippen LogP contribution in [0.4, 0.5) is 14.9 Å². The minimum absolute atomic E-state index is 0.197. The number of carbonyl (C=O) groups is 2. The average Bonchev–Trinajstić information content (AvgIpc) is 2.42. The van der Waals surface area contributed by atoms with E-state index in [1.165, 1.54) is 30.1 Å². The molecule has 2 N–H and O–H groups in total. The predicted molar refractivity (Wildman–Crippen MR) is 74.2 cm³/mol. The van der Waals surface area contributed by atoms with E-state index in [4.69, 9.17) is 5.11 Å². The van der Waals surface area contributed by atoms with Crippen LogP contribution in [0, 0.1) is 11.7 Å². The van der Waals surface area contributed by atoms with Crippen molar-refractivity contribution in [1.29, 1.82) is 0 Å². The van der Waals surface area contributed by atoms with Gasteiger partial charge in [0.2, 0.25) is 0 Å². The van der Waals surface area contributed by atoms with Crippen molar-refractivity contribution < 1.29 is 19.1 Å². The summed E-state index contributed by atoms with van der Waals surface area (Å²) in [5.41, 5.74) is 0.357. The summed E-state index contributed by atoms with van der Waals surface area (Å²) in [5, 5.41) is 11.6. The van der Waals surface area contributed by atoms with Gasteiger partial charge < -0.3 is 10.4 Å². The second-order valence-electron chi connectivity index (χ2n) is 4.69. The first-order valence-corrected chi connectivity index (χ1v) is 6.39. The minimum atomic E-state index is -1.08. The van der Waals surface area contributed by atoms with Crippen molar-refractivity contribution >= 4 is 17.7 Å². The lowest BCUT2D eigenvalue weighted by Crippen LogP contribution is -2.49. The van der Waals surface area contributed by atoms with E-state index in [1.807, 2.05) is 6.92 Å². The normalized spacial score (nSPS) is 13.4. The molecule has 110 valence electrons. The number of carboxylic acid groups (broad SMARTS) is 1. The lowest BCUT2D eigenvalue weighted by atomic mass is 9.99. The Hall–Kier alpha value is -2.11. The molecule has 0 aliphatic carbocycles. The van der Waals surface area contributed by atoms with Gasteiger partial charge in [-0.25, -0.2) is 14.0 Å². The maximum absolute atomic E-state index is 13.1. The minimum Gasteiger partial charge on any atom is -0.480 e. The van der Waals surface area contributed by atoms with Gasteiger partial charge >= 0.3 is 12.0 Å². The second kappa shape index (κ2) is 6.88. The summed E-state index contributed by atoms with van der Waals surface area (Å²) in [5.74, 6) is -1.74. The fraction of sp³-hybridized carbons (Fsp3) is 0.429. The van der Waals surface area contributed by atoms with Crippen molar-refractivity contribution in [3.05, 3.63) is 30.1 Å². The van der Waals surface area contributed by atoms with E-state index in [0.29, 0.717) is 12.1 Å². The van der Waals surface area contributed by atoms with Crippen LogP contribution in [0.1, 0.15) is 20.3 Å². The molecule has 0 saturated carbocycles.